The van der Waals surface area contributed by atoms with Crippen LogP contribution in [0.1, 0.15) is 5.56 Å². The van der Waals surface area contributed by atoms with Gasteiger partial charge in [0, 0.05) is 11.0 Å². The van der Waals surface area contributed by atoms with Gasteiger partial charge in [0.2, 0.25) is 0 Å². The first-order valence-corrected chi connectivity index (χ1v) is 5.75. The van der Waals surface area contributed by atoms with Crippen LogP contribution >= 0.6 is 15.9 Å². The second-order valence-electron chi connectivity index (χ2n) is 3.42. The molecule has 1 aromatic carbocycles. The molecule has 0 saturated carbocycles. The van der Waals surface area contributed by atoms with Gasteiger partial charge in [-0.15, -0.1) is 0 Å². The van der Waals surface area contributed by atoms with Gasteiger partial charge in [-0.1, -0.05) is 28.1 Å². The van der Waals surface area contributed by atoms with E-state index in [9.17, 15) is 0 Å². The van der Waals surface area contributed by atoms with Crippen molar-refractivity contribution in [3.05, 3.63) is 34.3 Å². The summed E-state index contributed by atoms with van der Waals surface area (Å²) in [4.78, 5) is 0. The fourth-order valence-electron chi connectivity index (χ4n) is 1.26. The molecule has 4 heteroatoms. The third kappa shape index (κ3) is 5.28. The standard InChI is InChI=1S/C11H16BrNO2/c12-10-3-1-2-9(6-10)4-5-13-7-11(15)8-14/h1-3,6,11,13-15H,4-5,7-8H2. The Morgan fingerprint density at radius 2 is 2.20 bits per heavy atom. The average Bonchev–Trinajstić information content (AvgIpc) is 2.24. The number of benzene rings is 1. The maximum absolute atomic E-state index is 9.08. The lowest BCUT2D eigenvalue weighted by molar-refractivity contribution is 0.0947. The van der Waals surface area contributed by atoms with Crippen molar-refractivity contribution in [2.24, 2.45) is 0 Å². The maximum Gasteiger partial charge on any atom is 0.0894 e. The van der Waals surface area contributed by atoms with Crippen LogP contribution in [0.3, 0.4) is 0 Å². The predicted molar refractivity (Wildman–Crippen MR) is 63.8 cm³/mol. The highest BCUT2D eigenvalue weighted by Gasteiger charge is 2.00. The third-order valence-electron chi connectivity index (χ3n) is 2.07. The molecule has 1 rings (SSSR count). The normalized spacial score (nSPS) is 12.7. The van der Waals surface area contributed by atoms with Crippen LogP contribution in [0, 0.1) is 0 Å². The summed E-state index contributed by atoms with van der Waals surface area (Å²) in [6, 6.07) is 8.13. The minimum Gasteiger partial charge on any atom is -0.394 e. The Labute approximate surface area is 98.3 Å². The minimum absolute atomic E-state index is 0.191. The van der Waals surface area contributed by atoms with Crippen LogP contribution in [0.2, 0.25) is 0 Å². The Bertz CT molecular complexity index is 294. The highest BCUT2D eigenvalue weighted by molar-refractivity contribution is 9.10. The van der Waals surface area contributed by atoms with Gasteiger partial charge in [-0.05, 0) is 30.7 Å². The number of rotatable bonds is 6. The van der Waals surface area contributed by atoms with Gasteiger partial charge in [0.15, 0.2) is 0 Å². The molecule has 0 spiro atoms. The lowest BCUT2D eigenvalue weighted by Crippen LogP contribution is -2.30. The molecule has 0 aromatic heterocycles. The average molecular weight is 274 g/mol. The van der Waals surface area contributed by atoms with E-state index >= 15 is 0 Å². The van der Waals surface area contributed by atoms with Crippen molar-refractivity contribution >= 4 is 15.9 Å². The number of hydrogen-bond donors (Lipinski definition) is 3. The van der Waals surface area contributed by atoms with Gasteiger partial charge in [-0.25, -0.2) is 0 Å². The topological polar surface area (TPSA) is 52.5 Å². The van der Waals surface area contributed by atoms with Gasteiger partial charge < -0.3 is 15.5 Å². The Hall–Kier alpha value is -0.420. The van der Waals surface area contributed by atoms with Crippen LogP contribution in [-0.4, -0.2) is 36.0 Å². The quantitative estimate of drug-likeness (QED) is 0.677. The van der Waals surface area contributed by atoms with Crippen LogP contribution in [0.5, 0.6) is 0 Å². The third-order valence-corrected chi connectivity index (χ3v) is 2.56. The summed E-state index contributed by atoms with van der Waals surface area (Å²) in [5.41, 5.74) is 1.25. The largest absolute Gasteiger partial charge is 0.394 e. The molecule has 0 aliphatic rings. The van der Waals surface area contributed by atoms with Gasteiger partial charge >= 0.3 is 0 Å². The van der Waals surface area contributed by atoms with E-state index in [1.54, 1.807) is 0 Å². The molecule has 1 atom stereocenters. The zero-order valence-corrected chi connectivity index (χ0v) is 10.1. The van der Waals surface area contributed by atoms with Crippen LogP contribution in [0.25, 0.3) is 0 Å². The molecular formula is C11H16BrNO2. The van der Waals surface area contributed by atoms with Gasteiger partial charge in [-0.2, -0.15) is 0 Å². The van der Waals surface area contributed by atoms with E-state index in [1.165, 1.54) is 5.56 Å². The fraction of sp³-hybridized carbons (Fsp3) is 0.455. The molecule has 0 fully saturated rings. The van der Waals surface area contributed by atoms with Crippen molar-refractivity contribution in [3.63, 3.8) is 0 Å². The molecule has 3 N–H and O–H groups in total. The molecule has 84 valence electrons. The number of nitrogens with one attached hydrogen (secondary N) is 1. The monoisotopic (exact) mass is 273 g/mol. The summed E-state index contributed by atoms with van der Waals surface area (Å²) in [6.45, 7) is 1.04. The first kappa shape index (κ1) is 12.6. The van der Waals surface area contributed by atoms with Gasteiger partial charge in [-0.3, -0.25) is 0 Å². The highest BCUT2D eigenvalue weighted by Crippen LogP contribution is 2.11. The molecule has 3 nitrogen and oxygen atoms in total. The summed E-state index contributed by atoms with van der Waals surface area (Å²) in [6.07, 6.45) is 0.255. The van der Waals surface area contributed by atoms with Crippen molar-refractivity contribution in [3.8, 4) is 0 Å². The second-order valence-corrected chi connectivity index (χ2v) is 4.34. The SMILES string of the molecule is OCC(O)CNCCc1cccc(Br)c1. The van der Waals surface area contributed by atoms with Crippen LogP contribution < -0.4 is 5.32 Å². The Balaban J connectivity index is 2.20. The van der Waals surface area contributed by atoms with Crippen molar-refractivity contribution in [1.82, 2.24) is 5.32 Å². The van der Waals surface area contributed by atoms with E-state index in [0.29, 0.717) is 6.54 Å². The first-order chi connectivity index (χ1) is 7.22. The van der Waals surface area contributed by atoms with E-state index in [4.69, 9.17) is 10.2 Å². The van der Waals surface area contributed by atoms with Crippen LogP contribution in [-0.2, 0) is 6.42 Å². The molecule has 1 unspecified atom stereocenters. The molecule has 0 aliphatic heterocycles. The predicted octanol–water partition coefficient (Wildman–Crippen LogP) is 0.934. The number of hydrogen-bond acceptors (Lipinski definition) is 3. The van der Waals surface area contributed by atoms with Crippen molar-refractivity contribution in [1.29, 1.82) is 0 Å². The summed E-state index contributed by atoms with van der Waals surface area (Å²) < 4.78 is 1.08. The molecule has 0 saturated heterocycles. The van der Waals surface area contributed by atoms with Crippen LogP contribution in [0.4, 0.5) is 0 Å². The Morgan fingerprint density at radius 1 is 1.40 bits per heavy atom. The molecule has 0 amide bonds. The molecule has 1 aromatic rings. The molecule has 0 radical (unpaired) electrons. The minimum atomic E-state index is -0.660. The Morgan fingerprint density at radius 3 is 2.87 bits per heavy atom. The molecule has 15 heavy (non-hydrogen) atoms. The zero-order chi connectivity index (χ0) is 11.1. The van der Waals surface area contributed by atoms with Crippen molar-refractivity contribution in [2.75, 3.05) is 19.7 Å². The summed E-state index contributed by atoms with van der Waals surface area (Å²) in [5, 5.41) is 20.7. The zero-order valence-electron chi connectivity index (χ0n) is 8.49. The van der Waals surface area contributed by atoms with E-state index in [2.05, 4.69) is 33.4 Å². The van der Waals surface area contributed by atoms with E-state index in [1.807, 2.05) is 12.1 Å². The van der Waals surface area contributed by atoms with E-state index in [-0.39, 0.29) is 6.61 Å². The maximum atomic E-state index is 9.08. The lowest BCUT2D eigenvalue weighted by Gasteiger charge is -2.08. The summed E-state index contributed by atoms with van der Waals surface area (Å²) in [7, 11) is 0. The van der Waals surface area contributed by atoms with E-state index in [0.717, 1.165) is 17.4 Å². The smallest absolute Gasteiger partial charge is 0.0894 e. The van der Waals surface area contributed by atoms with Crippen molar-refractivity contribution in [2.45, 2.75) is 12.5 Å². The van der Waals surface area contributed by atoms with E-state index < -0.39 is 6.10 Å². The first-order valence-electron chi connectivity index (χ1n) is 4.96. The van der Waals surface area contributed by atoms with Crippen molar-refractivity contribution < 1.29 is 10.2 Å². The number of halogens is 1. The molecule has 0 aliphatic carbocycles. The molecule has 0 bridgehead atoms. The fourth-order valence-corrected chi connectivity index (χ4v) is 1.71. The molecule has 0 heterocycles. The van der Waals surface area contributed by atoms with Gasteiger partial charge in [0.25, 0.3) is 0 Å². The summed E-state index contributed by atoms with van der Waals surface area (Å²) in [5.74, 6) is 0. The van der Waals surface area contributed by atoms with Gasteiger partial charge in [0.05, 0.1) is 12.7 Å². The van der Waals surface area contributed by atoms with Gasteiger partial charge in [0.1, 0.15) is 0 Å². The lowest BCUT2D eigenvalue weighted by atomic mass is 10.1. The molecular weight excluding hydrogens is 258 g/mol. The number of aliphatic hydroxyl groups excluding tert-OH is 2. The number of aliphatic hydroxyl groups is 2. The van der Waals surface area contributed by atoms with Crippen LogP contribution in [0.15, 0.2) is 28.7 Å². The summed E-state index contributed by atoms with van der Waals surface area (Å²) >= 11 is 3.41. The highest BCUT2D eigenvalue weighted by atomic mass is 79.9. The second kappa shape index (κ2) is 6.95. The Kier molecular flexibility index (Phi) is 5.86.